The van der Waals surface area contributed by atoms with E-state index in [0.717, 1.165) is 23.6 Å². The first-order chi connectivity index (χ1) is 10.3. The molecule has 3 nitrogen and oxygen atoms in total. The number of hydrogen-bond acceptors (Lipinski definition) is 3. The molecule has 21 heavy (non-hydrogen) atoms. The fourth-order valence-corrected chi connectivity index (χ4v) is 2.34. The molecule has 0 aliphatic heterocycles. The van der Waals surface area contributed by atoms with Crippen LogP contribution in [0, 0.1) is 0 Å². The number of para-hydroxylation sites is 2. The summed E-state index contributed by atoms with van der Waals surface area (Å²) in [5.74, 6) is 1.86. The van der Waals surface area contributed by atoms with Crippen LogP contribution in [0.2, 0.25) is 0 Å². The average molecular weight is 285 g/mol. The topological polar surface area (TPSA) is 30.5 Å². The minimum absolute atomic E-state index is 0.204. The van der Waals surface area contributed by atoms with Crippen LogP contribution in [-0.2, 0) is 6.54 Å². The maximum absolute atomic E-state index is 5.66. The van der Waals surface area contributed by atoms with Crippen LogP contribution in [0.5, 0.6) is 11.5 Å². The second-order valence-electron chi connectivity index (χ2n) is 4.89. The van der Waals surface area contributed by atoms with Gasteiger partial charge in [0.1, 0.15) is 11.5 Å². The lowest BCUT2D eigenvalue weighted by atomic mass is 10.1. The van der Waals surface area contributed by atoms with Crippen molar-refractivity contribution in [3.8, 4) is 11.5 Å². The molecule has 0 saturated carbocycles. The van der Waals surface area contributed by atoms with Crippen LogP contribution in [0.4, 0.5) is 0 Å². The largest absolute Gasteiger partial charge is 0.496 e. The first kappa shape index (κ1) is 15.4. The molecule has 0 aromatic heterocycles. The van der Waals surface area contributed by atoms with E-state index in [1.165, 1.54) is 5.56 Å². The highest BCUT2D eigenvalue weighted by Gasteiger charge is 2.11. The summed E-state index contributed by atoms with van der Waals surface area (Å²) in [5, 5.41) is 3.53. The zero-order valence-corrected chi connectivity index (χ0v) is 12.9. The quantitative estimate of drug-likeness (QED) is 0.835. The minimum atomic E-state index is 0.204. The van der Waals surface area contributed by atoms with Crippen molar-refractivity contribution >= 4 is 0 Å². The molecule has 2 aromatic rings. The van der Waals surface area contributed by atoms with Gasteiger partial charge in [-0.3, -0.25) is 0 Å². The molecule has 0 fully saturated rings. The van der Waals surface area contributed by atoms with Crippen molar-refractivity contribution in [1.29, 1.82) is 0 Å². The highest BCUT2D eigenvalue weighted by Crippen LogP contribution is 2.25. The first-order valence-corrected chi connectivity index (χ1v) is 7.33. The lowest BCUT2D eigenvalue weighted by Gasteiger charge is -2.18. The Balaban J connectivity index is 2.06. The van der Waals surface area contributed by atoms with Crippen molar-refractivity contribution in [2.24, 2.45) is 0 Å². The molecule has 2 rings (SSSR count). The molecule has 0 radical (unpaired) electrons. The number of hydrogen-bond donors (Lipinski definition) is 1. The van der Waals surface area contributed by atoms with E-state index in [0.29, 0.717) is 6.61 Å². The number of nitrogens with one attached hydrogen (secondary N) is 1. The smallest absolute Gasteiger partial charge is 0.123 e. The highest BCUT2D eigenvalue weighted by atomic mass is 16.5. The average Bonchev–Trinajstić information content (AvgIpc) is 2.54. The standard InChI is InChI=1S/C18H23NO2/c1-4-21-17-11-7-5-9-15(17)13-19-14(2)16-10-6-8-12-18(16)20-3/h5-12,14,19H,4,13H2,1-3H3/t14-/m0/s1. The van der Waals surface area contributed by atoms with Gasteiger partial charge in [0.05, 0.1) is 13.7 Å². The Kier molecular flexibility index (Phi) is 5.64. The summed E-state index contributed by atoms with van der Waals surface area (Å²) in [5.41, 5.74) is 2.33. The Morgan fingerprint density at radius 2 is 1.67 bits per heavy atom. The van der Waals surface area contributed by atoms with Gasteiger partial charge >= 0.3 is 0 Å². The fraction of sp³-hybridized carbons (Fsp3) is 0.333. The van der Waals surface area contributed by atoms with Gasteiger partial charge in [-0.1, -0.05) is 36.4 Å². The van der Waals surface area contributed by atoms with Crippen LogP contribution in [0.3, 0.4) is 0 Å². The normalized spacial score (nSPS) is 12.0. The summed E-state index contributed by atoms with van der Waals surface area (Å²) < 4.78 is 11.1. The Morgan fingerprint density at radius 3 is 2.38 bits per heavy atom. The number of ether oxygens (including phenoxy) is 2. The summed E-state index contributed by atoms with van der Waals surface area (Å²) in [4.78, 5) is 0. The van der Waals surface area contributed by atoms with Gasteiger partial charge in [-0.2, -0.15) is 0 Å². The van der Waals surface area contributed by atoms with Crippen LogP contribution < -0.4 is 14.8 Å². The third-order valence-corrected chi connectivity index (χ3v) is 3.48. The Morgan fingerprint density at radius 1 is 1.00 bits per heavy atom. The van der Waals surface area contributed by atoms with Crippen molar-refractivity contribution in [2.45, 2.75) is 26.4 Å². The molecule has 0 amide bonds. The van der Waals surface area contributed by atoms with E-state index in [4.69, 9.17) is 9.47 Å². The van der Waals surface area contributed by atoms with Crippen LogP contribution in [0.15, 0.2) is 48.5 Å². The summed E-state index contributed by atoms with van der Waals surface area (Å²) in [6.45, 7) is 5.58. The Hall–Kier alpha value is -2.00. The van der Waals surface area contributed by atoms with E-state index >= 15 is 0 Å². The van der Waals surface area contributed by atoms with Gasteiger partial charge < -0.3 is 14.8 Å². The van der Waals surface area contributed by atoms with Crippen LogP contribution in [0.1, 0.15) is 31.0 Å². The first-order valence-electron chi connectivity index (χ1n) is 7.33. The summed E-state index contributed by atoms with van der Waals surface area (Å²) in [7, 11) is 1.70. The molecule has 0 saturated heterocycles. The van der Waals surface area contributed by atoms with Gasteiger partial charge in [0, 0.05) is 23.7 Å². The van der Waals surface area contributed by atoms with Gasteiger partial charge in [-0.05, 0) is 26.0 Å². The van der Waals surface area contributed by atoms with Crippen molar-refractivity contribution < 1.29 is 9.47 Å². The zero-order chi connectivity index (χ0) is 15.1. The molecule has 1 atom stereocenters. The van der Waals surface area contributed by atoms with Crippen molar-refractivity contribution in [2.75, 3.05) is 13.7 Å². The number of methoxy groups -OCH3 is 1. The predicted octanol–water partition coefficient (Wildman–Crippen LogP) is 3.94. The van der Waals surface area contributed by atoms with Crippen LogP contribution in [0.25, 0.3) is 0 Å². The van der Waals surface area contributed by atoms with Gasteiger partial charge in [0.25, 0.3) is 0 Å². The van der Waals surface area contributed by atoms with Crippen molar-refractivity contribution in [1.82, 2.24) is 5.32 Å². The molecule has 0 aliphatic rings. The lowest BCUT2D eigenvalue weighted by molar-refractivity contribution is 0.334. The van der Waals surface area contributed by atoms with Crippen molar-refractivity contribution in [3.63, 3.8) is 0 Å². The Bertz CT molecular complexity index is 569. The van der Waals surface area contributed by atoms with Crippen LogP contribution in [-0.4, -0.2) is 13.7 Å². The predicted molar refractivity (Wildman–Crippen MR) is 85.9 cm³/mol. The summed E-state index contributed by atoms with van der Waals surface area (Å²) in [6, 6.07) is 16.4. The molecule has 0 unspecified atom stereocenters. The van der Waals surface area contributed by atoms with E-state index in [-0.39, 0.29) is 6.04 Å². The molecular weight excluding hydrogens is 262 g/mol. The maximum Gasteiger partial charge on any atom is 0.123 e. The molecule has 1 N–H and O–H groups in total. The monoisotopic (exact) mass is 285 g/mol. The second kappa shape index (κ2) is 7.70. The van der Waals surface area contributed by atoms with E-state index in [9.17, 15) is 0 Å². The maximum atomic E-state index is 5.66. The molecule has 112 valence electrons. The second-order valence-corrected chi connectivity index (χ2v) is 4.89. The van der Waals surface area contributed by atoms with Crippen molar-refractivity contribution in [3.05, 3.63) is 59.7 Å². The van der Waals surface area contributed by atoms with E-state index < -0.39 is 0 Å². The van der Waals surface area contributed by atoms with Gasteiger partial charge in [-0.15, -0.1) is 0 Å². The van der Waals surface area contributed by atoms with E-state index in [1.54, 1.807) is 7.11 Å². The lowest BCUT2D eigenvalue weighted by Crippen LogP contribution is -2.19. The van der Waals surface area contributed by atoms with E-state index in [2.05, 4.69) is 24.4 Å². The third-order valence-electron chi connectivity index (χ3n) is 3.48. The SMILES string of the molecule is CCOc1ccccc1CN[C@@H](C)c1ccccc1OC. The van der Waals surface area contributed by atoms with E-state index in [1.807, 2.05) is 43.3 Å². The summed E-state index contributed by atoms with van der Waals surface area (Å²) in [6.07, 6.45) is 0. The molecule has 0 bridgehead atoms. The highest BCUT2D eigenvalue weighted by molar-refractivity contribution is 5.36. The zero-order valence-electron chi connectivity index (χ0n) is 12.9. The molecular formula is C18H23NO2. The Labute approximate surface area is 126 Å². The molecule has 0 aliphatic carbocycles. The molecule has 2 aromatic carbocycles. The minimum Gasteiger partial charge on any atom is -0.496 e. The summed E-state index contributed by atoms with van der Waals surface area (Å²) >= 11 is 0. The van der Waals surface area contributed by atoms with Crippen LogP contribution >= 0.6 is 0 Å². The number of rotatable bonds is 7. The third kappa shape index (κ3) is 3.99. The number of benzene rings is 2. The molecule has 3 heteroatoms. The fourth-order valence-electron chi connectivity index (χ4n) is 2.34. The molecule has 0 spiro atoms. The molecule has 0 heterocycles. The van der Waals surface area contributed by atoms with Gasteiger partial charge in [0.2, 0.25) is 0 Å². The van der Waals surface area contributed by atoms with Gasteiger partial charge in [0.15, 0.2) is 0 Å². The van der Waals surface area contributed by atoms with Gasteiger partial charge in [-0.25, -0.2) is 0 Å².